The molecule has 0 radical (unpaired) electrons. The van der Waals surface area contributed by atoms with Gasteiger partial charge in [-0.15, -0.1) is 6.58 Å². The van der Waals surface area contributed by atoms with Gasteiger partial charge in [-0.25, -0.2) is 4.79 Å². The summed E-state index contributed by atoms with van der Waals surface area (Å²) in [5, 5.41) is 0. The summed E-state index contributed by atoms with van der Waals surface area (Å²) in [7, 11) is 0. The van der Waals surface area contributed by atoms with Crippen LogP contribution >= 0.6 is 0 Å². The van der Waals surface area contributed by atoms with Crippen LogP contribution in [0, 0.1) is 0 Å². The zero-order valence-corrected chi connectivity index (χ0v) is 6.37. The highest BCUT2D eigenvalue weighted by atomic mass is 16.6. The van der Waals surface area contributed by atoms with Crippen molar-refractivity contribution in [2.24, 2.45) is 0 Å². The van der Waals surface area contributed by atoms with Crippen molar-refractivity contribution in [1.82, 2.24) is 0 Å². The van der Waals surface area contributed by atoms with E-state index in [2.05, 4.69) is 11.3 Å². The molecule has 0 unspecified atom stereocenters. The number of carbonyl (C=O) groups is 2. The number of hydrogen-bond acceptors (Lipinski definition) is 3. The lowest BCUT2D eigenvalue weighted by Gasteiger charge is -1.94. The Bertz CT molecular complexity index is 192. The molecule has 60 valence electrons. The number of hydrogen-bond donors (Lipinski definition) is 0. The summed E-state index contributed by atoms with van der Waals surface area (Å²) < 4.78 is 4.30. The minimum atomic E-state index is -0.639. The maximum Gasteiger partial charge on any atom is 0.338 e. The molecule has 0 rings (SSSR count). The van der Waals surface area contributed by atoms with Crippen molar-refractivity contribution in [3.63, 3.8) is 0 Å². The van der Waals surface area contributed by atoms with Crippen LogP contribution in [-0.4, -0.2) is 11.9 Å². The first-order chi connectivity index (χ1) is 5.20. The molecule has 3 nitrogen and oxygen atoms in total. The van der Waals surface area contributed by atoms with Gasteiger partial charge in [0.2, 0.25) is 0 Å². The largest absolute Gasteiger partial charge is 0.390 e. The van der Waals surface area contributed by atoms with Crippen LogP contribution in [0.1, 0.15) is 13.3 Å². The molecule has 0 amide bonds. The predicted octanol–water partition coefficient (Wildman–Crippen LogP) is 1.21. The number of rotatable bonds is 3. The molecule has 0 aliphatic rings. The average molecular weight is 154 g/mol. The van der Waals surface area contributed by atoms with Crippen molar-refractivity contribution in [2.45, 2.75) is 13.3 Å². The first-order valence-corrected chi connectivity index (χ1v) is 3.19. The van der Waals surface area contributed by atoms with Crippen molar-refractivity contribution in [3.8, 4) is 0 Å². The minimum absolute atomic E-state index is 0.0588. The Hall–Kier alpha value is -1.38. The summed E-state index contributed by atoms with van der Waals surface area (Å²) >= 11 is 0. The Labute approximate surface area is 65.4 Å². The molecule has 0 aromatic carbocycles. The van der Waals surface area contributed by atoms with Crippen LogP contribution in [0.15, 0.2) is 24.8 Å². The zero-order valence-electron chi connectivity index (χ0n) is 6.37. The molecule has 0 aliphatic carbocycles. The monoisotopic (exact) mass is 154 g/mol. The number of allylic oxidation sites excluding steroid dienone is 1. The molecule has 0 N–H and O–H groups in total. The fraction of sp³-hybridized carbons (Fsp3) is 0.250. The highest BCUT2D eigenvalue weighted by Gasteiger charge is 2.03. The van der Waals surface area contributed by atoms with E-state index in [1.807, 2.05) is 0 Å². The summed E-state index contributed by atoms with van der Waals surface area (Å²) in [6, 6.07) is 0. The van der Waals surface area contributed by atoms with Gasteiger partial charge >= 0.3 is 11.9 Å². The Balaban J connectivity index is 3.75. The van der Waals surface area contributed by atoms with Gasteiger partial charge in [-0.1, -0.05) is 12.2 Å². The summed E-state index contributed by atoms with van der Waals surface area (Å²) in [4.78, 5) is 21.1. The van der Waals surface area contributed by atoms with E-state index in [0.29, 0.717) is 0 Å². The van der Waals surface area contributed by atoms with E-state index < -0.39 is 11.9 Å². The van der Waals surface area contributed by atoms with Gasteiger partial charge in [0.05, 0.1) is 6.42 Å². The van der Waals surface area contributed by atoms with Crippen LogP contribution in [-0.2, 0) is 14.3 Å². The molecular formula is C8H10O3. The molecule has 0 aliphatic heterocycles. The summed E-state index contributed by atoms with van der Waals surface area (Å²) in [5.41, 5.74) is 0. The smallest absolute Gasteiger partial charge is 0.338 e. The van der Waals surface area contributed by atoms with Gasteiger partial charge in [0.1, 0.15) is 0 Å². The summed E-state index contributed by atoms with van der Waals surface area (Å²) in [6.45, 7) is 4.99. The van der Waals surface area contributed by atoms with E-state index in [9.17, 15) is 9.59 Å². The molecule has 0 heterocycles. The molecule has 0 saturated heterocycles. The number of ether oxygens (including phenoxy) is 1. The van der Waals surface area contributed by atoms with Crippen molar-refractivity contribution >= 4 is 11.9 Å². The molecule has 0 fully saturated rings. The SMILES string of the molecule is C=CCC(=O)OC(=O)C=CC. The predicted molar refractivity (Wildman–Crippen MR) is 40.7 cm³/mol. The Morgan fingerprint density at radius 1 is 1.55 bits per heavy atom. The quantitative estimate of drug-likeness (QED) is 0.265. The molecule has 0 aromatic rings. The molecule has 0 bridgehead atoms. The second-order valence-corrected chi connectivity index (χ2v) is 1.79. The molecule has 3 heteroatoms. The van der Waals surface area contributed by atoms with Gasteiger partial charge < -0.3 is 4.74 Å². The third-order valence-corrected chi connectivity index (χ3v) is 0.828. The average Bonchev–Trinajstić information content (AvgIpc) is 1.87. The van der Waals surface area contributed by atoms with Crippen LogP contribution in [0.2, 0.25) is 0 Å². The van der Waals surface area contributed by atoms with E-state index >= 15 is 0 Å². The third-order valence-electron chi connectivity index (χ3n) is 0.828. The van der Waals surface area contributed by atoms with Crippen LogP contribution in [0.4, 0.5) is 0 Å². The second-order valence-electron chi connectivity index (χ2n) is 1.79. The van der Waals surface area contributed by atoms with Crippen LogP contribution in [0.25, 0.3) is 0 Å². The lowest BCUT2D eigenvalue weighted by Crippen LogP contribution is -2.08. The lowest BCUT2D eigenvalue weighted by atomic mass is 10.4. The lowest BCUT2D eigenvalue weighted by molar-refractivity contribution is -0.155. The van der Waals surface area contributed by atoms with Crippen LogP contribution in [0.5, 0.6) is 0 Å². The van der Waals surface area contributed by atoms with Gasteiger partial charge in [0.15, 0.2) is 0 Å². The van der Waals surface area contributed by atoms with E-state index in [1.165, 1.54) is 18.2 Å². The van der Waals surface area contributed by atoms with E-state index in [-0.39, 0.29) is 6.42 Å². The molecule has 0 aromatic heterocycles. The normalized spacial score (nSPS) is 9.55. The third kappa shape index (κ3) is 5.08. The molecular weight excluding hydrogens is 144 g/mol. The molecule has 0 atom stereocenters. The maximum absolute atomic E-state index is 10.6. The fourth-order valence-electron chi connectivity index (χ4n) is 0.442. The fourth-order valence-corrected chi connectivity index (χ4v) is 0.442. The Morgan fingerprint density at radius 3 is 2.64 bits per heavy atom. The first kappa shape index (κ1) is 9.62. The molecule has 0 spiro atoms. The van der Waals surface area contributed by atoms with Crippen molar-refractivity contribution in [2.75, 3.05) is 0 Å². The van der Waals surface area contributed by atoms with Crippen molar-refractivity contribution in [1.29, 1.82) is 0 Å². The zero-order chi connectivity index (χ0) is 8.69. The van der Waals surface area contributed by atoms with E-state index in [4.69, 9.17) is 0 Å². The summed E-state index contributed by atoms with van der Waals surface area (Å²) in [6.07, 6.45) is 4.12. The van der Waals surface area contributed by atoms with E-state index in [1.54, 1.807) is 6.92 Å². The van der Waals surface area contributed by atoms with Gasteiger partial charge in [0, 0.05) is 6.08 Å². The van der Waals surface area contributed by atoms with E-state index in [0.717, 1.165) is 0 Å². The molecule has 0 saturated carbocycles. The van der Waals surface area contributed by atoms with Gasteiger partial charge in [0.25, 0.3) is 0 Å². The number of carbonyl (C=O) groups excluding carboxylic acids is 2. The van der Waals surface area contributed by atoms with Gasteiger partial charge in [-0.05, 0) is 6.92 Å². The van der Waals surface area contributed by atoms with Crippen molar-refractivity contribution < 1.29 is 14.3 Å². The first-order valence-electron chi connectivity index (χ1n) is 3.19. The van der Waals surface area contributed by atoms with Crippen LogP contribution in [0.3, 0.4) is 0 Å². The van der Waals surface area contributed by atoms with Gasteiger partial charge in [-0.2, -0.15) is 0 Å². The van der Waals surface area contributed by atoms with Crippen molar-refractivity contribution in [3.05, 3.63) is 24.8 Å². The highest BCUT2D eigenvalue weighted by molar-refractivity contribution is 5.92. The molecule has 11 heavy (non-hydrogen) atoms. The number of esters is 2. The standard InChI is InChI=1S/C8H10O3/c1-3-5-7(9)11-8(10)6-4-2/h3-4,6H,1,5H2,2H3. The van der Waals surface area contributed by atoms with Gasteiger partial charge in [-0.3, -0.25) is 4.79 Å². The Kier molecular flexibility index (Phi) is 4.73. The summed E-state index contributed by atoms with van der Waals surface area (Å²) in [5.74, 6) is -1.22. The maximum atomic E-state index is 10.6. The highest BCUT2D eigenvalue weighted by Crippen LogP contribution is 1.88. The Morgan fingerprint density at radius 2 is 2.18 bits per heavy atom. The van der Waals surface area contributed by atoms with Crippen LogP contribution < -0.4 is 0 Å². The topological polar surface area (TPSA) is 43.4 Å². The minimum Gasteiger partial charge on any atom is -0.390 e. The second kappa shape index (κ2) is 5.41.